The van der Waals surface area contributed by atoms with Crippen LogP contribution in [0.5, 0.6) is 0 Å². The molecule has 1 saturated heterocycles. The third-order valence-electron chi connectivity index (χ3n) is 3.79. The Bertz CT molecular complexity index is 360. The number of carboxylic acid groups (broad SMARTS) is 1. The van der Waals surface area contributed by atoms with Crippen LogP contribution in [0, 0.1) is 17.8 Å². The normalized spacial score (nSPS) is 30.6. The number of likely N-dealkylation sites (tertiary alicyclic amines) is 1. The quantitative estimate of drug-likeness (QED) is 0.819. The van der Waals surface area contributed by atoms with E-state index in [1.165, 1.54) is 0 Å². The van der Waals surface area contributed by atoms with E-state index in [1.54, 1.807) is 4.90 Å². The molecule has 2 aliphatic rings. The number of amides is 1. The number of carbonyl (C=O) groups is 2. The van der Waals surface area contributed by atoms with E-state index in [2.05, 4.69) is 0 Å². The van der Waals surface area contributed by atoms with E-state index in [0.717, 1.165) is 13.0 Å². The molecule has 0 aromatic rings. The molecule has 0 bridgehead atoms. The average Bonchev–Trinajstić information content (AvgIpc) is 2.50. The second-order valence-electron chi connectivity index (χ2n) is 6.40. The number of nitrogens with zero attached hydrogens (tertiary/aromatic N) is 1. The van der Waals surface area contributed by atoms with Gasteiger partial charge in [-0.1, -0.05) is 0 Å². The monoisotopic (exact) mass is 255 g/mol. The molecule has 1 aliphatic carbocycles. The van der Waals surface area contributed by atoms with Gasteiger partial charge in [0.25, 0.3) is 0 Å². The van der Waals surface area contributed by atoms with Crippen molar-refractivity contribution < 1.29 is 19.4 Å². The third kappa shape index (κ3) is 2.76. The first-order chi connectivity index (χ1) is 8.26. The summed E-state index contributed by atoms with van der Waals surface area (Å²) < 4.78 is 5.33. The highest BCUT2D eigenvalue weighted by Gasteiger charge is 2.49. The lowest BCUT2D eigenvalue weighted by Crippen LogP contribution is -2.37. The molecule has 0 aromatic carbocycles. The van der Waals surface area contributed by atoms with Crippen LogP contribution in [0.2, 0.25) is 0 Å². The lowest BCUT2D eigenvalue weighted by atomic mass is 9.65. The highest BCUT2D eigenvalue weighted by molar-refractivity contribution is 5.69. The first-order valence-electron chi connectivity index (χ1n) is 6.46. The van der Waals surface area contributed by atoms with Crippen molar-refractivity contribution >= 4 is 12.1 Å². The molecule has 0 radical (unpaired) electrons. The van der Waals surface area contributed by atoms with Crippen LogP contribution in [-0.2, 0) is 9.53 Å². The molecule has 5 nitrogen and oxygen atoms in total. The Morgan fingerprint density at radius 2 is 2.00 bits per heavy atom. The van der Waals surface area contributed by atoms with Gasteiger partial charge in [-0.15, -0.1) is 0 Å². The van der Waals surface area contributed by atoms with Gasteiger partial charge in [-0.05, 0) is 44.9 Å². The molecule has 1 aliphatic heterocycles. The van der Waals surface area contributed by atoms with Crippen LogP contribution in [-0.4, -0.2) is 40.8 Å². The Labute approximate surface area is 107 Å². The van der Waals surface area contributed by atoms with Crippen molar-refractivity contribution in [3.05, 3.63) is 0 Å². The van der Waals surface area contributed by atoms with E-state index in [0.29, 0.717) is 18.4 Å². The van der Waals surface area contributed by atoms with Crippen LogP contribution in [0.15, 0.2) is 0 Å². The molecule has 1 N–H and O–H groups in total. The molecule has 5 heteroatoms. The van der Waals surface area contributed by atoms with Gasteiger partial charge in [0.15, 0.2) is 0 Å². The van der Waals surface area contributed by atoms with Crippen molar-refractivity contribution in [2.45, 2.75) is 39.2 Å². The summed E-state index contributed by atoms with van der Waals surface area (Å²) in [7, 11) is 0. The predicted octanol–water partition coefficient (Wildman–Crippen LogP) is 1.96. The summed E-state index contributed by atoms with van der Waals surface area (Å²) in [5.41, 5.74) is -0.473. The number of rotatable bonds is 2. The number of hydrogen-bond acceptors (Lipinski definition) is 3. The zero-order valence-electron chi connectivity index (χ0n) is 11.2. The van der Waals surface area contributed by atoms with Crippen LogP contribution in [0.4, 0.5) is 4.79 Å². The van der Waals surface area contributed by atoms with Gasteiger partial charge in [0, 0.05) is 19.5 Å². The number of fused-ring (bicyclic) bond motifs is 1. The first kappa shape index (κ1) is 13.2. The fraction of sp³-hybridized carbons (Fsp3) is 0.846. The number of hydrogen-bond donors (Lipinski definition) is 1. The molecule has 18 heavy (non-hydrogen) atoms. The molecule has 3 unspecified atom stereocenters. The van der Waals surface area contributed by atoms with E-state index < -0.39 is 11.6 Å². The van der Waals surface area contributed by atoms with Gasteiger partial charge in [-0.25, -0.2) is 4.79 Å². The van der Waals surface area contributed by atoms with E-state index >= 15 is 0 Å². The van der Waals surface area contributed by atoms with Crippen LogP contribution >= 0.6 is 0 Å². The Morgan fingerprint density at radius 3 is 2.56 bits per heavy atom. The van der Waals surface area contributed by atoms with Crippen molar-refractivity contribution in [1.82, 2.24) is 4.90 Å². The molecular formula is C13H21NO4. The minimum Gasteiger partial charge on any atom is -0.481 e. The van der Waals surface area contributed by atoms with Crippen molar-refractivity contribution in [3.8, 4) is 0 Å². The summed E-state index contributed by atoms with van der Waals surface area (Å²) in [5, 5.41) is 8.79. The highest BCUT2D eigenvalue weighted by Crippen LogP contribution is 2.47. The van der Waals surface area contributed by atoms with E-state index in [9.17, 15) is 9.59 Å². The fourth-order valence-electron chi connectivity index (χ4n) is 2.98. The van der Waals surface area contributed by atoms with Crippen LogP contribution in [0.25, 0.3) is 0 Å². The lowest BCUT2D eigenvalue weighted by molar-refractivity contribution is -0.140. The van der Waals surface area contributed by atoms with E-state index in [4.69, 9.17) is 9.84 Å². The molecule has 2 fully saturated rings. The fourth-order valence-corrected chi connectivity index (χ4v) is 2.98. The first-order valence-corrected chi connectivity index (χ1v) is 6.46. The molecule has 1 saturated carbocycles. The van der Waals surface area contributed by atoms with Crippen molar-refractivity contribution in [3.63, 3.8) is 0 Å². The Morgan fingerprint density at radius 1 is 1.33 bits per heavy atom. The highest BCUT2D eigenvalue weighted by atomic mass is 16.6. The minimum absolute atomic E-state index is 0.226. The average molecular weight is 255 g/mol. The van der Waals surface area contributed by atoms with Crippen LogP contribution in [0.1, 0.15) is 33.6 Å². The third-order valence-corrected chi connectivity index (χ3v) is 3.79. The molecule has 0 aromatic heterocycles. The smallest absolute Gasteiger partial charge is 0.410 e. The molecular weight excluding hydrogens is 234 g/mol. The number of ether oxygens (including phenoxy) is 1. The van der Waals surface area contributed by atoms with Crippen molar-refractivity contribution in [1.29, 1.82) is 0 Å². The zero-order valence-corrected chi connectivity index (χ0v) is 11.2. The molecule has 3 atom stereocenters. The number of carboxylic acids is 1. The summed E-state index contributed by atoms with van der Waals surface area (Å²) in [6, 6.07) is 0. The molecule has 1 amide bonds. The van der Waals surface area contributed by atoms with Gasteiger partial charge in [-0.2, -0.15) is 0 Å². The Hall–Kier alpha value is -1.26. The molecule has 2 rings (SSSR count). The SMILES string of the molecule is CC(C)(C)OC(=O)N1CC2CC(CC(=O)O)C2C1. The second-order valence-corrected chi connectivity index (χ2v) is 6.40. The maximum absolute atomic E-state index is 11.9. The van der Waals surface area contributed by atoms with Crippen molar-refractivity contribution in [2.75, 3.05) is 13.1 Å². The molecule has 0 spiro atoms. The minimum atomic E-state index is -0.742. The van der Waals surface area contributed by atoms with Gasteiger partial charge in [-0.3, -0.25) is 4.79 Å². The summed E-state index contributed by atoms with van der Waals surface area (Å²) in [5.74, 6) is 0.324. The second kappa shape index (κ2) is 4.44. The van der Waals surface area contributed by atoms with Crippen LogP contribution in [0.3, 0.4) is 0 Å². The maximum Gasteiger partial charge on any atom is 0.410 e. The van der Waals surface area contributed by atoms with Gasteiger partial charge in [0.1, 0.15) is 5.60 Å². The Kier molecular flexibility index (Phi) is 3.25. The van der Waals surface area contributed by atoms with Gasteiger partial charge >= 0.3 is 12.1 Å². The van der Waals surface area contributed by atoms with E-state index in [-0.39, 0.29) is 18.4 Å². The van der Waals surface area contributed by atoms with Crippen molar-refractivity contribution in [2.24, 2.45) is 17.8 Å². The topological polar surface area (TPSA) is 66.8 Å². The zero-order chi connectivity index (χ0) is 13.5. The van der Waals surface area contributed by atoms with Crippen LogP contribution < -0.4 is 0 Å². The predicted molar refractivity (Wildman–Crippen MR) is 65.1 cm³/mol. The number of aliphatic carboxylic acids is 1. The molecule has 102 valence electrons. The molecule has 1 heterocycles. The van der Waals surface area contributed by atoms with E-state index in [1.807, 2.05) is 20.8 Å². The maximum atomic E-state index is 11.9. The van der Waals surface area contributed by atoms with Gasteiger partial charge in [0.2, 0.25) is 0 Å². The standard InChI is InChI=1S/C13H21NO4/c1-13(2,3)18-12(17)14-6-9-4-8(5-11(15)16)10(9)7-14/h8-10H,4-7H2,1-3H3,(H,15,16). The Balaban J connectivity index is 1.86. The summed E-state index contributed by atoms with van der Waals surface area (Å²) in [6.07, 6.45) is 0.880. The summed E-state index contributed by atoms with van der Waals surface area (Å²) in [6.45, 7) is 6.92. The summed E-state index contributed by atoms with van der Waals surface area (Å²) >= 11 is 0. The number of carbonyl (C=O) groups excluding carboxylic acids is 1. The largest absolute Gasteiger partial charge is 0.481 e. The lowest BCUT2D eigenvalue weighted by Gasteiger charge is -2.38. The summed E-state index contributed by atoms with van der Waals surface area (Å²) in [4.78, 5) is 24.3. The van der Waals surface area contributed by atoms with Gasteiger partial charge < -0.3 is 14.7 Å². The van der Waals surface area contributed by atoms with Gasteiger partial charge in [0.05, 0.1) is 0 Å².